The van der Waals surface area contributed by atoms with E-state index in [1.54, 1.807) is 0 Å². The van der Waals surface area contributed by atoms with E-state index >= 15 is 0 Å². The van der Waals surface area contributed by atoms with Crippen molar-refractivity contribution in [1.29, 1.82) is 0 Å². The Morgan fingerprint density at radius 3 is 1.00 bits per heavy atom. The lowest BCUT2D eigenvalue weighted by Crippen LogP contribution is -2.21. The molecule has 0 spiro atoms. The summed E-state index contributed by atoms with van der Waals surface area (Å²) in [6.07, 6.45) is 0. The second kappa shape index (κ2) is 11.1. The van der Waals surface area contributed by atoms with E-state index in [-0.39, 0.29) is 5.92 Å². The minimum Gasteiger partial charge on any atom is -0.378 e. The summed E-state index contributed by atoms with van der Waals surface area (Å²) in [5.74, 6) is 0.211. The molecule has 0 unspecified atom stereocenters. The molecule has 0 atom stereocenters. The van der Waals surface area contributed by atoms with Crippen molar-refractivity contribution in [2.45, 2.75) is 33.6 Å². The Hall–Kier alpha value is -2.94. The van der Waals surface area contributed by atoms with E-state index in [1.807, 2.05) is 0 Å². The number of hydrogen-bond acceptors (Lipinski definition) is 3. The zero-order valence-corrected chi connectivity index (χ0v) is 20.7. The highest BCUT2D eigenvalue weighted by Crippen LogP contribution is 2.34. The maximum atomic E-state index is 2.39. The number of nitrogens with zero attached hydrogens (tertiary/aromatic N) is 3. The van der Waals surface area contributed by atoms with Gasteiger partial charge in [0.1, 0.15) is 0 Å². The average Bonchev–Trinajstić information content (AvgIpc) is 2.83. The first-order valence-corrected chi connectivity index (χ1v) is 12.0. The van der Waals surface area contributed by atoms with Crippen molar-refractivity contribution in [2.24, 2.45) is 0 Å². The van der Waals surface area contributed by atoms with E-state index in [0.717, 1.165) is 26.2 Å². The lowest BCUT2D eigenvalue weighted by atomic mass is 9.85. The third-order valence-corrected chi connectivity index (χ3v) is 6.45. The third-order valence-electron chi connectivity index (χ3n) is 6.45. The Balaban J connectivity index is 2.02. The molecule has 0 aromatic heterocycles. The van der Waals surface area contributed by atoms with E-state index < -0.39 is 0 Å². The van der Waals surface area contributed by atoms with Crippen molar-refractivity contribution in [3.05, 3.63) is 89.5 Å². The zero-order chi connectivity index (χ0) is 23.1. The topological polar surface area (TPSA) is 9.72 Å². The van der Waals surface area contributed by atoms with Crippen molar-refractivity contribution < 1.29 is 0 Å². The van der Waals surface area contributed by atoms with Gasteiger partial charge in [0.25, 0.3) is 0 Å². The van der Waals surface area contributed by atoms with Gasteiger partial charge in [0.2, 0.25) is 0 Å². The molecule has 3 nitrogen and oxygen atoms in total. The van der Waals surface area contributed by atoms with E-state index in [4.69, 9.17) is 0 Å². The molecule has 0 saturated heterocycles. The van der Waals surface area contributed by atoms with Crippen LogP contribution >= 0.6 is 0 Å². The van der Waals surface area contributed by atoms with Gasteiger partial charge in [-0.3, -0.25) is 0 Å². The number of hydrogen-bond donors (Lipinski definition) is 0. The van der Waals surface area contributed by atoms with Gasteiger partial charge < -0.3 is 14.7 Å². The van der Waals surface area contributed by atoms with Crippen LogP contribution in [0.5, 0.6) is 0 Å². The monoisotopic (exact) mass is 429 g/mol. The first kappa shape index (κ1) is 23.7. The molecule has 3 heteroatoms. The standard InChI is InChI=1S/C29H39N3/c1-7-31(8-2)27-19-13-24(14-20-27)29(23-11-17-26(18-12-23)30(5)6)25-15-21-28(22-16-25)32(9-3)10-4/h11-22,29H,7-10H2,1-6H3. The number of benzene rings is 3. The van der Waals surface area contributed by atoms with Gasteiger partial charge in [0.05, 0.1) is 0 Å². The Bertz CT molecular complexity index is 880. The highest BCUT2D eigenvalue weighted by atomic mass is 15.1. The zero-order valence-electron chi connectivity index (χ0n) is 20.7. The fraction of sp³-hybridized carbons (Fsp3) is 0.379. The molecule has 0 bridgehead atoms. The fourth-order valence-electron chi connectivity index (χ4n) is 4.47. The van der Waals surface area contributed by atoms with Crippen LogP contribution in [0.4, 0.5) is 17.1 Å². The van der Waals surface area contributed by atoms with E-state index in [1.165, 1.54) is 33.8 Å². The molecule has 0 amide bonds. The summed E-state index contributed by atoms with van der Waals surface area (Å²) in [5.41, 5.74) is 7.78. The Morgan fingerprint density at radius 2 is 0.750 bits per heavy atom. The SMILES string of the molecule is CCN(CC)c1ccc(C(c2ccc(N(C)C)cc2)c2ccc(N(CC)CC)cc2)cc1. The molecular weight excluding hydrogens is 390 g/mol. The summed E-state index contributed by atoms with van der Waals surface area (Å²) in [7, 11) is 4.18. The van der Waals surface area contributed by atoms with E-state index in [2.05, 4.69) is 129 Å². The van der Waals surface area contributed by atoms with Gasteiger partial charge in [-0.25, -0.2) is 0 Å². The average molecular weight is 430 g/mol. The summed E-state index contributed by atoms with van der Waals surface area (Å²) >= 11 is 0. The van der Waals surface area contributed by atoms with Crippen molar-refractivity contribution in [2.75, 3.05) is 55.0 Å². The van der Waals surface area contributed by atoms with Gasteiger partial charge in [0, 0.05) is 63.3 Å². The normalized spacial score (nSPS) is 11.0. The smallest absolute Gasteiger partial charge is 0.0366 e. The molecule has 3 aromatic carbocycles. The second-order valence-corrected chi connectivity index (χ2v) is 8.45. The molecule has 170 valence electrons. The minimum absolute atomic E-state index is 0.211. The minimum atomic E-state index is 0.211. The van der Waals surface area contributed by atoms with Gasteiger partial charge >= 0.3 is 0 Å². The van der Waals surface area contributed by atoms with Gasteiger partial charge in [-0.2, -0.15) is 0 Å². The fourth-order valence-corrected chi connectivity index (χ4v) is 4.47. The lowest BCUT2D eigenvalue weighted by Gasteiger charge is -2.25. The van der Waals surface area contributed by atoms with Crippen LogP contribution in [0.25, 0.3) is 0 Å². The van der Waals surface area contributed by atoms with Crippen LogP contribution in [0.15, 0.2) is 72.8 Å². The molecule has 32 heavy (non-hydrogen) atoms. The van der Waals surface area contributed by atoms with Crippen molar-refractivity contribution >= 4 is 17.1 Å². The second-order valence-electron chi connectivity index (χ2n) is 8.45. The largest absolute Gasteiger partial charge is 0.378 e. The first-order valence-electron chi connectivity index (χ1n) is 12.0. The Kier molecular flexibility index (Phi) is 8.21. The van der Waals surface area contributed by atoms with E-state index in [0.29, 0.717) is 0 Å². The molecule has 3 rings (SSSR count). The molecule has 0 N–H and O–H groups in total. The van der Waals surface area contributed by atoms with Crippen molar-refractivity contribution in [1.82, 2.24) is 0 Å². The molecule has 0 aliphatic carbocycles. The van der Waals surface area contributed by atoms with Crippen molar-refractivity contribution in [3.8, 4) is 0 Å². The Labute approximate surface area is 195 Å². The van der Waals surface area contributed by atoms with Crippen LogP contribution in [0.3, 0.4) is 0 Å². The molecule has 3 aromatic rings. The maximum absolute atomic E-state index is 2.39. The van der Waals surface area contributed by atoms with Crippen molar-refractivity contribution in [3.63, 3.8) is 0 Å². The van der Waals surface area contributed by atoms with Crippen LogP contribution in [0.1, 0.15) is 50.3 Å². The molecular formula is C29H39N3. The summed E-state index contributed by atoms with van der Waals surface area (Å²) in [4.78, 5) is 6.93. The predicted molar refractivity (Wildman–Crippen MR) is 142 cm³/mol. The summed E-state index contributed by atoms with van der Waals surface area (Å²) < 4.78 is 0. The highest BCUT2D eigenvalue weighted by molar-refractivity contribution is 5.55. The number of anilines is 3. The van der Waals surface area contributed by atoms with Gasteiger partial charge in [-0.05, 0) is 80.8 Å². The van der Waals surface area contributed by atoms with Crippen LogP contribution in [0.2, 0.25) is 0 Å². The van der Waals surface area contributed by atoms with E-state index in [9.17, 15) is 0 Å². The maximum Gasteiger partial charge on any atom is 0.0366 e. The lowest BCUT2D eigenvalue weighted by molar-refractivity contribution is 0.862. The van der Waals surface area contributed by atoms with Crippen LogP contribution in [0, 0.1) is 0 Å². The molecule has 0 fully saturated rings. The molecule has 0 saturated carbocycles. The highest BCUT2D eigenvalue weighted by Gasteiger charge is 2.18. The summed E-state index contributed by atoms with van der Waals surface area (Å²) in [6, 6.07) is 27.3. The van der Waals surface area contributed by atoms with Gasteiger partial charge in [-0.1, -0.05) is 36.4 Å². The third kappa shape index (κ3) is 5.27. The summed E-state index contributed by atoms with van der Waals surface area (Å²) in [5, 5.41) is 0. The Morgan fingerprint density at radius 1 is 0.469 bits per heavy atom. The molecule has 0 aliphatic heterocycles. The predicted octanol–water partition coefficient (Wildman–Crippen LogP) is 6.63. The molecule has 0 heterocycles. The first-order chi connectivity index (χ1) is 15.5. The quantitative estimate of drug-likeness (QED) is 0.335. The van der Waals surface area contributed by atoms with Crippen LogP contribution in [-0.2, 0) is 0 Å². The summed E-state index contributed by atoms with van der Waals surface area (Å²) in [6.45, 7) is 13.0. The van der Waals surface area contributed by atoms with Crippen LogP contribution in [-0.4, -0.2) is 40.3 Å². The number of rotatable bonds is 10. The molecule has 0 radical (unpaired) electrons. The van der Waals surface area contributed by atoms with Gasteiger partial charge in [-0.15, -0.1) is 0 Å². The molecule has 0 aliphatic rings. The van der Waals surface area contributed by atoms with Crippen LogP contribution < -0.4 is 14.7 Å². The van der Waals surface area contributed by atoms with Gasteiger partial charge in [0.15, 0.2) is 0 Å².